The third-order valence-corrected chi connectivity index (χ3v) is 3.17. The minimum atomic E-state index is -0.967. The zero-order valence-electron chi connectivity index (χ0n) is 9.84. The van der Waals surface area contributed by atoms with E-state index in [-0.39, 0.29) is 22.6 Å². The summed E-state index contributed by atoms with van der Waals surface area (Å²) >= 11 is 5.87. The fraction of sp³-hybridized carbons (Fsp3) is 0.143. The highest BCUT2D eigenvalue weighted by atomic mass is 35.5. The summed E-state index contributed by atoms with van der Waals surface area (Å²) in [7, 11) is 0. The van der Waals surface area contributed by atoms with Crippen molar-refractivity contribution >= 4 is 11.6 Å². The molecule has 0 fully saturated rings. The minimum Gasteiger partial charge on any atom is -0.324 e. The molecule has 2 rings (SSSR count). The quantitative estimate of drug-likeness (QED) is 0.906. The van der Waals surface area contributed by atoms with Crippen molar-refractivity contribution in [3.63, 3.8) is 0 Å². The maximum Gasteiger partial charge on any atom is 0.162 e. The summed E-state index contributed by atoms with van der Waals surface area (Å²) in [4.78, 5) is 0. The molecular formula is C14H11ClF3N. The topological polar surface area (TPSA) is 26.0 Å². The van der Waals surface area contributed by atoms with Gasteiger partial charge in [-0.15, -0.1) is 0 Å². The van der Waals surface area contributed by atoms with E-state index in [1.165, 1.54) is 30.3 Å². The third kappa shape index (κ3) is 2.91. The Balaban J connectivity index is 2.31. The van der Waals surface area contributed by atoms with E-state index in [0.717, 1.165) is 6.07 Å². The molecule has 19 heavy (non-hydrogen) atoms. The Morgan fingerprint density at radius 3 is 2.32 bits per heavy atom. The van der Waals surface area contributed by atoms with Crippen LogP contribution in [0, 0.1) is 17.5 Å². The number of hydrogen-bond donors (Lipinski definition) is 1. The fourth-order valence-electron chi connectivity index (χ4n) is 1.91. The molecule has 0 saturated heterocycles. The van der Waals surface area contributed by atoms with Gasteiger partial charge in [0.15, 0.2) is 11.6 Å². The molecule has 1 unspecified atom stereocenters. The molecule has 2 N–H and O–H groups in total. The monoisotopic (exact) mass is 285 g/mol. The van der Waals surface area contributed by atoms with Crippen molar-refractivity contribution in [3.8, 4) is 0 Å². The zero-order chi connectivity index (χ0) is 14.0. The molecular weight excluding hydrogens is 275 g/mol. The first-order valence-corrected chi connectivity index (χ1v) is 6.01. The second-order valence-electron chi connectivity index (χ2n) is 4.16. The molecule has 0 aliphatic heterocycles. The van der Waals surface area contributed by atoms with Crippen LogP contribution in [0.5, 0.6) is 0 Å². The Bertz CT molecular complexity index is 581. The van der Waals surface area contributed by atoms with Crippen molar-refractivity contribution in [2.45, 2.75) is 12.5 Å². The van der Waals surface area contributed by atoms with Crippen LogP contribution in [-0.2, 0) is 6.42 Å². The molecule has 0 saturated carbocycles. The van der Waals surface area contributed by atoms with Crippen LogP contribution in [0.4, 0.5) is 13.2 Å². The highest BCUT2D eigenvalue weighted by Crippen LogP contribution is 2.27. The zero-order valence-corrected chi connectivity index (χ0v) is 10.6. The van der Waals surface area contributed by atoms with Crippen LogP contribution in [0.25, 0.3) is 0 Å². The van der Waals surface area contributed by atoms with Gasteiger partial charge >= 0.3 is 0 Å². The molecule has 0 heterocycles. The largest absolute Gasteiger partial charge is 0.324 e. The predicted octanol–water partition coefficient (Wildman–Crippen LogP) is 4.00. The maximum absolute atomic E-state index is 13.7. The van der Waals surface area contributed by atoms with Crippen LogP contribution in [0.3, 0.4) is 0 Å². The molecule has 0 amide bonds. The molecule has 0 aliphatic rings. The Hall–Kier alpha value is -1.52. The van der Waals surface area contributed by atoms with Gasteiger partial charge in [0.05, 0.1) is 0 Å². The predicted molar refractivity (Wildman–Crippen MR) is 68.4 cm³/mol. The maximum atomic E-state index is 13.7. The first kappa shape index (κ1) is 13.9. The lowest BCUT2D eigenvalue weighted by atomic mass is 9.98. The molecule has 100 valence electrons. The molecule has 0 bridgehead atoms. The van der Waals surface area contributed by atoms with E-state index >= 15 is 0 Å². The lowest BCUT2D eigenvalue weighted by molar-refractivity contribution is 0.492. The minimum absolute atomic E-state index is 0.0375. The van der Waals surface area contributed by atoms with Crippen LogP contribution in [-0.4, -0.2) is 0 Å². The summed E-state index contributed by atoms with van der Waals surface area (Å²) in [6.45, 7) is 0. The molecule has 2 aromatic carbocycles. The van der Waals surface area contributed by atoms with Gasteiger partial charge in [0, 0.05) is 16.6 Å². The van der Waals surface area contributed by atoms with Gasteiger partial charge in [-0.1, -0.05) is 29.8 Å². The van der Waals surface area contributed by atoms with Crippen LogP contribution in [0.15, 0.2) is 36.4 Å². The van der Waals surface area contributed by atoms with Gasteiger partial charge in [-0.05, 0) is 30.2 Å². The van der Waals surface area contributed by atoms with E-state index < -0.39 is 23.5 Å². The normalized spacial score (nSPS) is 12.5. The van der Waals surface area contributed by atoms with Gasteiger partial charge in [-0.2, -0.15) is 0 Å². The summed E-state index contributed by atoms with van der Waals surface area (Å²) in [6.07, 6.45) is -0.0375. The van der Waals surface area contributed by atoms with Crippen LogP contribution in [0.2, 0.25) is 5.02 Å². The second-order valence-corrected chi connectivity index (χ2v) is 4.57. The van der Waals surface area contributed by atoms with Gasteiger partial charge in [0.1, 0.15) is 5.82 Å². The first-order valence-electron chi connectivity index (χ1n) is 5.63. The van der Waals surface area contributed by atoms with E-state index in [1.54, 1.807) is 0 Å². The lowest BCUT2D eigenvalue weighted by Crippen LogP contribution is -2.16. The molecule has 0 radical (unpaired) electrons. The van der Waals surface area contributed by atoms with Crippen LogP contribution < -0.4 is 5.73 Å². The van der Waals surface area contributed by atoms with Crippen molar-refractivity contribution < 1.29 is 13.2 Å². The van der Waals surface area contributed by atoms with E-state index in [1.807, 2.05) is 0 Å². The molecule has 0 aromatic heterocycles. The van der Waals surface area contributed by atoms with Gasteiger partial charge in [-0.25, -0.2) is 13.2 Å². The van der Waals surface area contributed by atoms with E-state index in [0.29, 0.717) is 0 Å². The van der Waals surface area contributed by atoms with Crippen molar-refractivity contribution in [2.24, 2.45) is 5.73 Å². The summed E-state index contributed by atoms with van der Waals surface area (Å²) in [5, 5.41) is 0.171. The van der Waals surface area contributed by atoms with Crippen LogP contribution in [0.1, 0.15) is 17.2 Å². The number of hydrogen-bond acceptors (Lipinski definition) is 1. The van der Waals surface area contributed by atoms with Gasteiger partial charge in [0.2, 0.25) is 0 Å². The second kappa shape index (κ2) is 5.63. The number of halogens is 4. The van der Waals surface area contributed by atoms with Gasteiger partial charge in [-0.3, -0.25) is 0 Å². The van der Waals surface area contributed by atoms with E-state index in [4.69, 9.17) is 17.3 Å². The number of nitrogens with two attached hydrogens (primary N) is 1. The average molecular weight is 286 g/mol. The number of benzene rings is 2. The molecule has 0 aliphatic carbocycles. The Kier molecular flexibility index (Phi) is 4.12. The van der Waals surface area contributed by atoms with Crippen LogP contribution >= 0.6 is 11.6 Å². The highest BCUT2D eigenvalue weighted by molar-refractivity contribution is 6.31. The Morgan fingerprint density at radius 2 is 1.63 bits per heavy atom. The third-order valence-electron chi connectivity index (χ3n) is 2.84. The first-order chi connectivity index (χ1) is 9.00. The summed E-state index contributed by atoms with van der Waals surface area (Å²) in [5.74, 6) is -2.48. The SMILES string of the molecule is NC(Cc1cccc(F)c1F)c1c(F)cccc1Cl. The van der Waals surface area contributed by atoms with Crippen molar-refractivity contribution in [3.05, 3.63) is 70.0 Å². The van der Waals surface area contributed by atoms with Crippen molar-refractivity contribution in [1.82, 2.24) is 0 Å². The van der Waals surface area contributed by atoms with E-state index in [2.05, 4.69) is 0 Å². The molecule has 2 aromatic rings. The van der Waals surface area contributed by atoms with Gasteiger partial charge < -0.3 is 5.73 Å². The summed E-state index contributed by atoms with van der Waals surface area (Å²) < 4.78 is 40.2. The Labute approximate surface area is 113 Å². The highest BCUT2D eigenvalue weighted by Gasteiger charge is 2.18. The van der Waals surface area contributed by atoms with Gasteiger partial charge in [0.25, 0.3) is 0 Å². The average Bonchev–Trinajstić information content (AvgIpc) is 2.35. The lowest BCUT2D eigenvalue weighted by Gasteiger charge is -2.15. The number of rotatable bonds is 3. The molecule has 5 heteroatoms. The summed E-state index contributed by atoms with van der Waals surface area (Å²) in [5.41, 5.74) is 6.03. The fourth-order valence-corrected chi connectivity index (χ4v) is 2.21. The van der Waals surface area contributed by atoms with E-state index in [9.17, 15) is 13.2 Å². The smallest absolute Gasteiger partial charge is 0.162 e. The molecule has 1 nitrogen and oxygen atoms in total. The molecule has 1 atom stereocenters. The Morgan fingerprint density at radius 1 is 1.00 bits per heavy atom. The summed E-state index contributed by atoms with van der Waals surface area (Å²) in [6, 6.07) is 7.14. The molecule has 0 spiro atoms. The van der Waals surface area contributed by atoms with Crippen molar-refractivity contribution in [1.29, 1.82) is 0 Å². The standard InChI is InChI=1S/C14H11ClF3N/c15-9-4-2-5-10(16)13(9)12(19)7-8-3-1-6-11(17)14(8)18/h1-6,12H,7,19H2. The van der Waals surface area contributed by atoms with Crippen molar-refractivity contribution in [2.75, 3.05) is 0 Å².